The van der Waals surface area contributed by atoms with Gasteiger partial charge in [0.1, 0.15) is 0 Å². The fraction of sp³-hybridized carbons (Fsp3) is 0.500. The van der Waals surface area contributed by atoms with Crippen molar-refractivity contribution in [2.24, 2.45) is 0 Å². The molecule has 1 aliphatic rings. The number of rotatable bonds is 2. The van der Waals surface area contributed by atoms with Gasteiger partial charge in [-0.05, 0) is 38.0 Å². The topological polar surface area (TPSA) is 59.2 Å². The molecule has 0 aliphatic carbocycles. The van der Waals surface area contributed by atoms with Crippen molar-refractivity contribution in [3.05, 3.63) is 35.7 Å². The highest BCUT2D eigenvalue weighted by atomic mass is 16.6. The number of carbonyl (C=O) groups is 1. The van der Waals surface area contributed by atoms with Crippen LogP contribution < -0.4 is 0 Å². The first kappa shape index (κ1) is 15.6. The van der Waals surface area contributed by atoms with Gasteiger partial charge >= 0.3 is 0 Å². The number of hydrogen-bond donors (Lipinski definition) is 0. The molecule has 1 aromatic heterocycles. The van der Waals surface area contributed by atoms with Crippen molar-refractivity contribution in [2.45, 2.75) is 38.4 Å². The number of amides is 1. The summed E-state index contributed by atoms with van der Waals surface area (Å²) < 4.78 is 4.71. The molecule has 1 saturated heterocycles. The average molecular weight is 283 g/mol. The van der Waals surface area contributed by atoms with E-state index in [2.05, 4.69) is 10.3 Å². The van der Waals surface area contributed by atoms with Gasteiger partial charge in [-0.25, -0.2) is 4.63 Å². The second-order valence-corrected chi connectivity index (χ2v) is 5.51. The van der Waals surface area contributed by atoms with Crippen LogP contribution in [0.1, 0.15) is 28.9 Å². The molecular weight excluding hydrogens is 264 g/mol. The Morgan fingerprint density at radius 1 is 1.48 bits per heavy atom. The molecule has 2 radical (unpaired) electrons. The molecule has 0 unspecified atom stereocenters. The first-order valence-corrected chi connectivity index (χ1v) is 7.23. The monoisotopic (exact) mass is 283 g/mol. The molecule has 1 amide bonds. The zero-order chi connectivity index (χ0) is 15.2. The summed E-state index contributed by atoms with van der Waals surface area (Å²) >= 11 is 0. The van der Waals surface area contributed by atoms with Crippen molar-refractivity contribution >= 4 is 20.2 Å². The lowest BCUT2D eigenvalue weighted by Gasteiger charge is -2.33. The van der Waals surface area contributed by atoms with Crippen LogP contribution in [0.3, 0.4) is 0 Å². The summed E-state index contributed by atoms with van der Waals surface area (Å²) in [4.78, 5) is 14.4. The highest BCUT2D eigenvalue weighted by molar-refractivity contribution is 7.03. The van der Waals surface area contributed by atoms with Gasteiger partial charge in [0.25, 0.3) is 5.91 Å². The van der Waals surface area contributed by atoms with E-state index in [0.29, 0.717) is 11.3 Å². The largest absolute Gasteiger partial charge is 0.339 e. The van der Waals surface area contributed by atoms with Crippen molar-refractivity contribution < 1.29 is 9.42 Å². The Balaban J connectivity index is 2.19. The Labute approximate surface area is 126 Å². The number of hydrogen-bond acceptors (Lipinski definition) is 4. The van der Waals surface area contributed by atoms with Gasteiger partial charge in [0, 0.05) is 26.4 Å². The number of aromatic nitrogens is 2. The van der Waals surface area contributed by atoms with Crippen molar-refractivity contribution in [3.8, 4) is 0 Å². The van der Waals surface area contributed by atoms with Crippen LogP contribution in [0.15, 0.2) is 29.0 Å². The van der Waals surface area contributed by atoms with Crippen LogP contribution in [0.25, 0.3) is 0 Å². The summed E-state index contributed by atoms with van der Waals surface area (Å²) in [6, 6.07) is 5.35. The molecule has 1 fully saturated rings. The number of aryl methyl sites for hydroxylation is 1. The van der Waals surface area contributed by atoms with E-state index >= 15 is 0 Å². The Bertz CT molecular complexity index is 541. The van der Waals surface area contributed by atoms with Crippen LogP contribution in [-0.2, 0) is 0 Å². The summed E-state index contributed by atoms with van der Waals surface area (Å²) in [5.74, 6) is -0.0171. The maximum absolute atomic E-state index is 12.6. The lowest BCUT2D eigenvalue weighted by Crippen LogP contribution is -2.40. The Morgan fingerprint density at radius 3 is 2.90 bits per heavy atom. The predicted octanol–water partition coefficient (Wildman–Crippen LogP) is 1.90. The third-order valence-electron chi connectivity index (χ3n) is 3.88. The summed E-state index contributed by atoms with van der Waals surface area (Å²) in [6.45, 7) is 2.04. The van der Waals surface area contributed by atoms with Gasteiger partial charge in [-0.3, -0.25) is 4.79 Å². The third kappa shape index (κ3) is 4.34. The Kier molecular flexibility index (Phi) is 5.42. The second-order valence-electron chi connectivity index (χ2n) is 5.51. The van der Waals surface area contributed by atoms with Crippen molar-refractivity contribution in [1.82, 2.24) is 15.2 Å². The standard InChI is InChI=1S/C14H19B2N3O2/c1-11-10-12(4-3-9-17-21-18-11)14(20)19(2)13-5-7-16(15)8-6-13/h3-4,9-10,13H,5-8H2,1-2H3. The molecule has 1 aliphatic heterocycles. The van der Waals surface area contributed by atoms with E-state index in [0.717, 1.165) is 25.5 Å². The molecule has 2 rings (SSSR count). The molecule has 5 nitrogen and oxygen atoms in total. The SMILES string of the molecule is [B]B1CCC(N(C)C(=O)c2cccnonc(C)c2)CC1. The molecule has 0 bridgehead atoms. The van der Waals surface area contributed by atoms with Crippen molar-refractivity contribution in [3.63, 3.8) is 0 Å². The zero-order valence-electron chi connectivity index (χ0n) is 12.5. The molecule has 0 atom stereocenters. The van der Waals surface area contributed by atoms with Gasteiger partial charge < -0.3 is 4.90 Å². The van der Waals surface area contributed by atoms with E-state index in [1.54, 1.807) is 25.1 Å². The van der Waals surface area contributed by atoms with Crippen molar-refractivity contribution in [1.29, 1.82) is 0 Å². The third-order valence-corrected chi connectivity index (χ3v) is 3.88. The maximum atomic E-state index is 12.6. The van der Waals surface area contributed by atoms with Crippen LogP contribution in [-0.4, -0.2) is 48.6 Å². The smallest absolute Gasteiger partial charge is 0.253 e. The molecule has 0 N–H and O–H groups in total. The summed E-state index contributed by atoms with van der Waals surface area (Å²) in [5.41, 5.74) is 1.17. The fourth-order valence-corrected chi connectivity index (χ4v) is 2.59. The highest BCUT2D eigenvalue weighted by Crippen LogP contribution is 2.23. The van der Waals surface area contributed by atoms with Crippen LogP contribution >= 0.6 is 0 Å². The van der Waals surface area contributed by atoms with Crippen LogP contribution in [0.5, 0.6) is 0 Å². The molecule has 0 saturated carbocycles. The highest BCUT2D eigenvalue weighted by Gasteiger charge is 2.26. The van der Waals surface area contributed by atoms with E-state index in [1.807, 2.05) is 11.9 Å². The fourth-order valence-electron chi connectivity index (χ4n) is 2.59. The maximum Gasteiger partial charge on any atom is 0.253 e. The lowest BCUT2D eigenvalue weighted by molar-refractivity contribution is 0.0720. The van der Waals surface area contributed by atoms with E-state index in [4.69, 9.17) is 12.4 Å². The molecule has 108 valence electrons. The summed E-state index contributed by atoms with van der Waals surface area (Å²) in [5, 5.41) is 7.38. The summed E-state index contributed by atoms with van der Waals surface area (Å²) in [7, 11) is 7.77. The minimum absolute atomic E-state index is 0.0171. The molecule has 2 heterocycles. The van der Waals surface area contributed by atoms with E-state index < -0.39 is 0 Å². The summed E-state index contributed by atoms with van der Waals surface area (Å²) in [6.07, 6.45) is 5.31. The van der Waals surface area contributed by atoms with Gasteiger partial charge in [0.2, 0.25) is 0 Å². The lowest BCUT2D eigenvalue weighted by atomic mass is 9.27. The van der Waals surface area contributed by atoms with Gasteiger partial charge in [-0.2, -0.15) is 0 Å². The van der Waals surface area contributed by atoms with Gasteiger partial charge in [0.05, 0.1) is 18.5 Å². The van der Waals surface area contributed by atoms with Gasteiger partial charge in [-0.1, -0.05) is 23.0 Å². The predicted molar refractivity (Wildman–Crippen MR) is 82.9 cm³/mol. The first-order valence-electron chi connectivity index (χ1n) is 7.23. The first-order chi connectivity index (χ1) is 10.1. The van der Waals surface area contributed by atoms with E-state index in [9.17, 15) is 4.79 Å². The minimum atomic E-state index is -0.0171. The minimum Gasteiger partial charge on any atom is -0.339 e. The molecule has 1 aromatic rings. The zero-order valence-corrected chi connectivity index (χ0v) is 12.5. The van der Waals surface area contributed by atoms with Gasteiger partial charge in [-0.15, -0.1) is 0 Å². The average Bonchev–Trinajstić information content (AvgIpc) is 2.58. The molecule has 7 heteroatoms. The Hall–Kier alpha value is -1.78. The molecule has 0 spiro atoms. The van der Waals surface area contributed by atoms with Crippen LogP contribution in [0.2, 0.25) is 12.6 Å². The second kappa shape index (κ2) is 7.29. The number of carbonyl (C=O) groups excluding carboxylic acids is 1. The molecule has 21 heavy (non-hydrogen) atoms. The normalized spacial score (nSPS) is 15.4. The molecular formula is C14H19B2N3O2. The number of nitrogens with zero attached hydrogens (tertiary/aromatic N) is 3. The van der Waals surface area contributed by atoms with E-state index in [1.165, 1.54) is 6.20 Å². The Morgan fingerprint density at radius 2 is 2.19 bits per heavy atom. The van der Waals surface area contributed by atoms with E-state index in [-0.39, 0.29) is 18.6 Å². The van der Waals surface area contributed by atoms with Crippen molar-refractivity contribution in [2.75, 3.05) is 7.05 Å². The quantitative estimate of drug-likeness (QED) is 0.778. The van der Waals surface area contributed by atoms with Crippen LogP contribution in [0.4, 0.5) is 0 Å². The molecule has 0 aromatic carbocycles. The van der Waals surface area contributed by atoms with Crippen LogP contribution in [0, 0.1) is 6.92 Å². The van der Waals surface area contributed by atoms with Gasteiger partial charge in [0.15, 0.2) is 0 Å².